The average Bonchev–Trinajstić information content (AvgIpc) is 2.85. The van der Waals surface area contributed by atoms with Gasteiger partial charge < -0.3 is 5.32 Å². The summed E-state index contributed by atoms with van der Waals surface area (Å²) in [5.41, 5.74) is 2.20. The van der Waals surface area contributed by atoms with E-state index in [1.165, 1.54) is 16.9 Å². The number of nitrogens with zero attached hydrogens (tertiary/aromatic N) is 1. The van der Waals surface area contributed by atoms with Crippen LogP contribution in [-0.2, 0) is 0 Å². The van der Waals surface area contributed by atoms with E-state index < -0.39 is 0 Å². The maximum absolute atomic E-state index is 12.5. The molecule has 0 unspecified atom stereocenters. The summed E-state index contributed by atoms with van der Waals surface area (Å²) in [4.78, 5) is 12.6. The van der Waals surface area contributed by atoms with Crippen LogP contribution in [0.3, 0.4) is 0 Å². The van der Waals surface area contributed by atoms with Gasteiger partial charge >= 0.3 is 4.87 Å². The number of hydrogen-bond donors (Lipinski definition) is 1. The maximum Gasteiger partial charge on any atom is 0.308 e. The van der Waals surface area contributed by atoms with E-state index in [0.29, 0.717) is 0 Å². The van der Waals surface area contributed by atoms with Crippen LogP contribution in [0.15, 0.2) is 59.4 Å². The van der Waals surface area contributed by atoms with Crippen molar-refractivity contribution in [3.63, 3.8) is 0 Å². The minimum absolute atomic E-state index is 0.0716. The molecule has 0 fully saturated rings. The number of rotatable bonds is 5. The molecule has 0 spiro atoms. The number of aromatic nitrogens is 1. The molecule has 4 heteroatoms. The number of fused-ring (bicyclic) bond motifs is 1. The molecule has 0 aliphatic carbocycles. The second-order valence-electron chi connectivity index (χ2n) is 5.02. The van der Waals surface area contributed by atoms with E-state index in [-0.39, 0.29) is 10.9 Å². The van der Waals surface area contributed by atoms with Crippen molar-refractivity contribution >= 4 is 21.6 Å². The SMILES string of the molecule is CNCC[C@H](c1ccccc1)n1c(=O)sc2ccccc21. The summed E-state index contributed by atoms with van der Waals surface area (Å²) in [6.45, 7) is 0.871. The predicted octanol–water partition coefficient (Wildman–Crippen LogP) is 3.26. The molecule has 2 aromatic carbocycles. The Morgan fingerprint density at radius 3 is 2.57 bits per heavy atom. The standard InChI is InChI=1S/C17H18N2OS/c1-18-12-11-14(13-7-3-2-4-8-13)19-15-9-5-6-10-16(15)21-17(19)20/h2-10,14,18H,11-12H2,1H3/t14-/m1/s1. The normalized spacial score (nSPS) is 12.6. The molecule has 1 N–H and O–H groups in total. The highest BCUT2D eigenvalue weighted by Gasteiger charge is 2.18. The summed E-state index contributed by atoms with van der Waals surface area (Å²) in [7, 11) is 1.94. The smallest absolute Gasteiger partial charge is 0.308 e. The molecule has 21 heavy (non-hydrogen) atoms. The number of thiazole rings is 1. The lowest BCUT2D eigenvalue weighted by molar-refractivity contribution is 0.532. The second-order valence-corrected chi connectivity index (χ2v) is 6.02. The van der Waals surface area contributed by atoms with Crippen LogP contribution < -0.4 is 10.2 Å². The monoisotopic (exact) mass is 298 g/mol. The van der Waals surface area contributed by atoms with Crippen LogP contribution in [0.5, 0.6) is 0 Å². The number of para-hydroxylation sites is 1. The predicted molar refractivity (Wildman–Crippen MR) is 89.2 cm³/mol. The van der Waals surface area contributed by atoms with Crippen LogP contribution in [0.2, 0.25) is 0 Å². The Morgan fingerprint density at radius 2 is 1.81 bits per heavy atom. The van der Waals surface area contributed by atoms with Crippen molar-refractivity contribution in [2.24, 2.45) is 0 Å². The van der Waals surface area contributed by atoms with Crippen molar-refractivity contribution in [3.8, 4) is 0 Å². The minimum atomic E-state index is 0.0716. The summed E-state index contributed by atoms with van der Waals surface area (Å²) >= 11 is 1.32. The van der Waals surface area contributed by atoms with Gasteiger partial charge in [0.2, 0.25) is 0 Å². The van der Waals surface area contributed by atoms with Gasteiger partial charge in [0.25, 0.3) is 0 Å². The van der Waals surface area contributed by atoms with Gasteiger partial charge in [0.05, 0.1) is 16.3 Å². The zero-order valence-corrected chi connectivity index (χ0v) is 12.8. The van der Waals surface area contributed by atoms with E-state index in [1.807, 2.05) is 54.1 Å². The Bertz CT molecular complexity index is 776. The topological polar surface area (TPSA) is 34.0 Å². The fourth-order valence-corrected chi connectivity index (χ4v) is 3.61. The van der Waals surface area contributed by atoms with E-state index in [1.54, 1.807) is 0 Å². The van der Waals surface area contributed by atoms with Gasteiger partial charge in [-0.15, -0.1) is 0 Å². The van der Waals surface area contributed by atoms with Crippen LogP contribution in [-0.4, -0.2) is 18.2 Å². The van der Waals surface area contributed by atoms with Crippen LogP contribution in [0.1, 0.15) is 18.0 Å². The molecular weight excluding hydrogens is 280 g/mol. The molecule has 0 radical (unpaired) electrons. The van der Waals surface area contributed by atoms with Gasteiger partial charge in [0, 0.05) is 0 Å². The molecule has 0 saturated carbocycles. The second kappa shape index (κ2) is 6.24. The average molecular weight is 298 g/mol. The molecule has 0 aliphatic rings. The molecule has 0 bridgehead atoms. The van der Waals surface area contributed by atoms with Gasteiger partial charge in [-0.25, -0.2) is 0 Å². The third-order valence-corrected chi connectivity index (χ3v) is 4.62. The van der Waals surface area contributed by atoms with Gasteiger partial charge in [0.15, 0.2) is 0 Å². The van der Waals surface area contributed by atoms with Crippen LogP contribution in [0.4, 0.5) is 0 Å². The molecule has 3 rings (SSSR count). The molecule has 108 valence electrons. The molecule has 3 nitrogen and oxygen atoms in total. The zero-order valence-electron chi connectivity index (χ0n) is 12.0. The lowest BCUT2D eigenvalue weighted by Gasteiger charge is -2.19. The summed E-state index contributed by atoms with van der Waals surface area (Å²) in [6, 6.07) is 18.3. The highest BCUT2D eigenvalue weighted by Crippen LogP contribution is 2.26. The fourth-order valence-electron chi connectivity index (χ4n) is 2.68. The summed E-state index contributed by atoms with van der Waals surface area (Å²) in [5.74, 6) is 0. The van der Waals surface area contributed by atoms with Crippen molar-refractivity contribution in [1.29, 1.82) is 0 Å². The first-order valence-electron chi connectivity index (χ1n) is 7.11. The number of nitrogens with one attached hydrogen (secondary N) is 1. The Morgan fingerprint density at radius 1 is 1.10 bits per heavy atom. The third kappa shape index (κ3) is 2.77. The molecule has 3 aromatic rings. The van der Waals surface area contributed by atoms with Gasteiger partial charge in [0.1, 0.15) is 0 Å². The Hall–Kier alpha value is -1.91. The molecule has 0 saturated heterocycles. The van der Waals surface area contributed by atoms with E-state index in [2.05, 4.69) is 17.4 Å². The van der Waals surface area contributed by atoms with Crippen molar-refractivity contribution in [2.45, 2.75) is 12.5 Å². The van der Waals surface area contributed by atoms with E-state index >= 15 is 0 Å². The van der Waals surface area contributed by atoms with E-state index in [9.17, 15) is 4.79 Å². The Labute approximate surface area is 127 Å². The minimum Gasteiger partial charge on any atom is -0.320 e. The Kier molecular flexibility index (Phi) is 4.18. The maximum atomic E-state index is 12.5. The van der Waals surface area contributed by atoms with Crippen LogP contribution >= 0.6 is 11.3 Å². The quantitative estimate of drug-likeness (QED) is 0.784. The first-order chi connectivity index (χ1) is 10.3. The highest BCUT2D eigenvalue weighted by atomic mass is 32.1. The van der Waals surface area contributed by atoms with Gasteiger partial charge in [-0.05, 0) is 37.7 Å². The van der Waals surface area contributed by atoms with E-state index in [0.717, 1.165) is 23.2 Å². The van der Waals surface area contributed by atoms with Gasteiger partial charge in [-0.2, -0.15) is 0 Å². The molecular formula is C17H18N2OS. The molecule has 0 aliphatic heterocycles. The highest BCUT2D eigenvalue weighted by molar-refractivity contribution is 7.16. The molecule has 1 aromatic heterocycles. The Balaban J connectivity index is 2.14. The zero-order chi connectivity index (χ0) is 14.7. The molecule has 1 atom stereocenters. The van der Waals surface area contributed by atoms with Crippen LogP contribution in [0.25, 0.3) is 10.2 Å². The van der Waals surface area contributed by atoms with Crippen molar-refractivity contribution in [1.82, 2.24) is 9.88 Å². The largest absolute Gasteiger partial charge is 0.320 e. The first-order valence-corrected chi connectivity index (χ1v) is 7.92. The van der Waals surface area contributed by atoms with Crippen molar-refractivity contribution in [3.05, 3.63) is 69.8 Å². The first kappa shape index (κ1) is 14.0. The third-order valence-electron chi connectivity index (χ3n) is 3.68. The van der Waals surface area contributed by atoms with Gasteiger partial charge in [-0.3, -0.25) is 9.36 Å². The fraction of sp³-hybridized carbons (Fsp3) is 0.235. The van der Waals surface area contributed by atoms with E-state index in [4.69, 9.17) is 0 Å². The lowest BCUT2D eigenvalue weighted by atomic mass is 10.0. The lowest BCUT2D eigenvalue weighted by Crippen LogP contribution is -2.24. The van der Waals surface area contributed by atoms with Gasteiger partial charge in [-0.1, -0.05) is 53.8 Å². The molecule has 1 heterocycles. The summed E-state index contributed by atoms with van der Waals surface area (Å²) in [5, 5.41) is 3.19. The summed E-state index contributed by atoms with van der Waals surface area (Å²) < 4.78 is 2.99. The van der Waals surface area contributed by atoms with Crippen molar-refractivity contribution < 1.29 is 0 Å². The van der Waals surface area contributed by atoms with Crippen molar-refractivity contribution in [2.75, 3.05) is 13.6 Å². The van der Waals surface area contributed by atoms with Crippen LogP contribution in [0, 0.1) is 0 Å². The number of benzene rings is 2. The summed E-state index contributed by atoms with van der Waals surface area (Å²) in [6.07, 6.45) is 0.890. The number of hydrogen-bond acceptors (Lipinski definition) is 3. The molecule has 0 amide bonds.